The van der Waals surface area contributed by atoms with Crippen molar-refractivity contribution in [3.05, 3.63) is 23.0 Å². The van der Waals surface area contributed by atoms with Gasteiger partial charge in [0.1, 0.15) is 6.07 Å². The summed E-state index contributed by atoms with van der Waals surface area (Å²) in [6.45, 7) is 0. The average Bonchev–Trinajstić information content (AvgIpc) is 2.04. The second-order valence-corrected chi connectivity index (χ2v) is 2.15. The second-order valence-electron chi connectivity index (χ2n) is 1.79. The summed E-state index contributed by atoms with van der Waals surface area (Å²) in [6, 6.07) is 3.48. The number of nitriles is 1. The fraction of sp³-hybridized carbons (Fsp3) is 0.143. The van der Waals surface area contributed by atoms with E-state index in [1.165, 1.54) is 13.3 Å². The van der Waals surface area contributed by atoms with Crippen LogP contribution in [0, 0.1) is 11.3 Å². The number of nitrogens with zero attached hydrogens (tertiary/aromatic N) is 2. The third-order valence-electron chi connectivity index (χ3n) is 1.19. The number of ether oxygens (including phenoxy) is 1. The summed E-state index contributed by atoms with van der Waals surface area (Å²) >= 11 is 5.62. The van der Waals surface area contributed by atoms with Crippen LogP contribution in [0.2, 0.25) is 5.15 Å². The smallest absolute Gasteiger partial charge is 0.173 e. The molecule has 11 heavy (non-hydrogen) atoms. The number of rotatable bonds is 1. The maximum Gasteiger partial charge on any atom is 0.173 e. The molecule has 1 heterocycles. The van der Waals surface area contributed by atoms with Crippen LogP contribution in [0.15, 0.2) is 12.3 Å². The summed E-state index contributed by atoms with van der Waals surface area (Å²) in [5, 5.41) is 8.77. The molecule has 3 nitrogen and oxygen atoms in total. The highest BCUT2D eigenvalue weighted by molar-refractivity contribution is 6.31. The van der Waals surface area contributed by atoms with Crippen LogP contribution >= 0.6 is 11.6 Å². The van der Waals surface area contributed by atoms with Gasteiger partial charge in [0.15, 0.2) is 10.9 Å². The summed E-state index contributed by atoms with van der Waals surface area (Å²) < 4.78 is 4.85. The van der Waals surface area contributed by atoms with Crippen molar-refractivity contribution in [1.29, 1.82) is 5.26 Å². The van der Waals surface area contributed by atoms with Gasteiger partial charge in [-0.1, -0.05) is 11.6 Å². The molecule has 0 spiro atoms. The number of hydrogen-bond acceptors (Lipinski definition) is 3. The van der Waals surface area contributed by atoms with Gasteiger partial charge in [-0.2, -0.15) is 5.26 Å². The highest BCUT2D eigenvalue weighted by Gasteiger charge is 2.06. The molecule has 0 N–H and O–H groups in total. The Labute approximate surface area is 69.2 Å². The van der Waals surface area contributed by atoms with E-state index in [4.69, 9.17) is 21.6 Å². The van der Waals surface area contributed by atoms with Gasteiger partial charge in [0.2, 0.25) is 0 Å². The first-order chi connectivity index (χ1) is 5.29. The van der Waals surface area contributed by atoms with Crippen LogP contribution < -0.4 is 4.74 Å². The maximum absolute atomic E-state index is 8.56. The van der Waals surface area contributed by atoms with Crippen molar-refractivity contribution in [2.75, 3.05) is 7.11 Å². The minimum absolute atomic E-state index is 0.214. The fourth-order valence-corrected chi connectivity index (χ4v) is 0.940. The molecule has 0 atom stereocenters. The van der Waals surface area contributed by atoms with Gasteiger partial charge in [-0.05, 0) is 6.07 Å². The van der Waals surface area contributed by atoms with Crippen LogP contribution in [0.5, 0.6) is 5.75 Å². The molecule has 0 saturated carbocycles. The summed E-state index contributed by atoms with van der Waals surface area (Å²) in [5.41, 5.74) is 0.396. The number of methoxy groups -OCH3 is 1. The highest BCUT2D eigenvalue weighted by atomic mass is 35.5. The fourth-order valence-electron chi connectivity index (χ4n) is 0.705. The zero-order valence-corrected chi connectivity index (χ0v) is 6.59. The predicted octanol–water partition coefficient (Wildman–Crippen LogP) is 1.62. The molecule has 0 aliphatic rings. The molecule has 0 bridgehead atoms. The Morgan fingerprint density at radius 2 is 2.45 bits per heavy atom. The Morgan fingerprint density at radius 1 is 1.73 bits per heavy atom. The molecule has 0 aromatic carbocycles. The highest BCUT2D eigenvalue weighted by Crippen LogP contribution is 2.24. The number of halogens is 1. The van der Waals surface area contributed by atoms with E-state index in [1.54, 1.807) is 6.07 Å². The van der Waals surface area contributed by atoms with Crippen molar-refractivity contribution in [2.45, 2.75) is 0 Å². The van der Waals surface area contributed by atoms with E-state index in [2.05, 4.69) is 4.98 Å². The van der Waals surface area contributed by atoms with E-state index in [0.717, 1.165) is 0 Å². The van der Waals surface area contributed by atoms with Crippen LogP contribution in [-0.2, 0) is 0 Å². The normalized spacial score (nSPS) is 8.82. The number of hydrogen-bond donors (Lipinski definition) is 0. The van der Waals surface area contributed by atoms with Gasteiger partial charge in [0, 0.05) is 6.20 Å². The third-order valence-corrected chi connectivity index (χ3v) is 1.45. The molecule has 4 heteroatoms. The van der Waals surface area contributed by atoms with Crippen molar-refractivity contribution in [2.24, 2.45) is 0 Å². The summed E-state index contributed by atoms with van der Waals surface area (Å²) in [4.78, 5) is 3.75. The molecule has 0 unspecified atom stereocenters. The Balaban J connectivity index is 3.27. The van der Waals surface area contributed by atoms with E-state index < -0.39 is 0 Å². The molecular weight excluding hydrogens is 164 g/mol. The molecule has 0 aliphatic heterocycles. The molecule has 0 radical (unpaired) electrons. The molecule has 0 saturated heterocycles. The van der Waals surface area contributed by atoms with E-state index in [9.17, 15) is 0 Å². The maximum atomic E-state index is 8.56. The second kappa shape index (κ2) is 3.22. The molecule has 1 aromatic rings. The lowest BCUT2D eigenvalue weighted by Gasteiger charge is -2.01. The molecule has 0 amide bonds. The number of aromatic nitrogens is 1. The molecule has 0 aliphatic carbocycles. The Hall–Kier alpha value is -1.27. The largest absolute Gasteiger partial charge is 0.492 e. The van der Waals surface area contributed by atoms with Crippen LogP contribution in [0.25, 0.3) is 0 Å². The topological polar surface area (TPSA) is 45.9 Å². The van der Waals surface area contributed by atoms with Gasteiger partial charge in [-0.15, -0.1) is 0 Å². The first-order valence-electron chi connectivity index (χ1n) is 2.88. The lowest BCUT2D eigenvalue weighted by atomic mass is 10.3. The van der Waals surface area contributed by atoms with Crippen LogP contribution in [0.4, 0.5) is 0 Å². The summed E-state index contributed by atoms with van der Waals surface area (Å²) in [7, 11) is 1.45. The van der Waals surface area contributed by atoms with Crippen LogP contribution in [-0.4, -0.2) is 12.1 Å². The van der Waals surface area contributed by atoms with Gasteiger partial charge >= 0.3 is 0 Å². The Bertz CT molecular complexity index is 306. The predicted molar refractivity (Wildman–Crippen MR) is 40.5 cm³/mol. The van der Waals surface area contributed by atoms with Crippen molar-refractivity contribution < 1.29 is 4.74 Å². The minimum atomic E-state index is 0.214. The van der Waals surface area contributed by atoms with E-state index >= 15 is 0 Å². The standard InChI is InChI=1S/C7H5ClN2O/c1-11-6-5(4-9)2-3-10-7(6)8/h2-3H,1H3. The monoisotopic (exact) mass is 168 g/mol. The van der Waals surface area contributed by atoms with E-state index in [-0.39, 0.29) is 5.15 Å². The van der Waals surface area contributed by atoms with Crippen LogP contribution in [0.3, 0.4) is 0 Å². The molecule has 0 fully saturated rings. The molecule has 1 rings (SSSR count). The lowest BCUT2D eigenvalue weighted by Crippen LogP contribution is -1.90. The lowest BCUT2D eigenvalue weighted by molar-refractivity contribution is 0.412. The van der Waals surface area contributed by atoms with Gasteiger partial charge in [-0.25, -0.2) is 4.98 Å². The van der Waals surface area contributed by atoms with E-state index in [1.807, 2.05) is 6.07 Å². The first-order valence-corrected chi connectivity index (χ1v) is 3.26. The SMILES string of the molecule is COc1c(C#N)ccnc1Cl. The zero-order chi connectivity index (χ0) is 8.27. The summed E-state index contributed by atoms with van der Waals surface area (Å²) in [6.07, 6.45) is 1.46. The number of pyridine rings is 1. The Morgan fingerprint density at radius 3 is 2.91 bits per heavy atom. The van der Waals surface area contributed by atoms with Gasteiger partial charge in [0.25, 0.3) is 0 Å². The van der Waals surface area contributed by atoms with Crippen molar-refractivity contribution in [1.82, 2.24) is 4.98 Å². The average molecular weight is 169 g/mol. The first kappa shape index (κ1) is 7.83. The molecular formula is C7H5ClN2O. The van der Waals surface area contributed by atoms with Gasteiger partial charge in [0.05, 0.1) is 12.7 Å². The van der Waals surface area contributed by atoms with E-state index in [0.29, 0.717) is 11.3 Å². The van der Waals surface area contributed by atoms with Gasteiger partial charge < -0.3 is 4.74 Å². The van der Waals surface area contributed by atoms with Crippen molar-refractivity contribution >= 4 is 11.6 Å². The Kier molecular flexibility index (Phi) is 2.29. The minimum Gasteiger partial charge on any atom is -0.492 e. The van der Waals surface area contributed by atoms with Gasteiger partial charge in [-0.3, -0.25) is 0 Å². The van der Waals surface area contributed by atoms with Crippen molar-refractivity contribution in [3.8, 4) is 11.8 Å². The van der Waals surface area contributed by atoms with Crippen molar-refractivity contribution in [3.63, 3.8) is 0 Å². The zero-order valence-electron chi connectivity index (χ0n) is 5.84. The molecule has 1 aromatic heterocycles. The molecule has 56 valence electrons. The summed E-state index contributed by atoms with van der Waals surface area (Å²) in [5.74, 6) is 0.330. The third kappa shape index (κ3) is 1.41. The quantitative estimate of drug-likeness (QED) is 0.599. The van der Waals surface area contributed by atoms with Crippen LogP contribution in [0.1, 0.15) is 5.56 Å².